The molecule has 1 saturated heterocycles. The molecule has 1 fully saturated rings. The van der Waals surface area contributed by atoms with Crippen molar-refractivity contribution in [2.75, 3.05) is 13.1 Å². The molecular weight excluding hydrogens is 343 g/mol. The number of carbonyl (C=O) groups excluding carboxylic acids is 2. The van der Waals surface area contributed by atoms with Crippen LogP contribution in [0.3, 0.4) is 0 Å². The first-order valence-electron chi connectivity index (χ1n) is 8.16. The molecule has 0 aliphatic carbocycles. The van der Waals surface area contributed by atoms with Crippen LogP contribution in [0.4, 0.5) is 4.39 Å². The molecule has 25 heavy (non-hydrogen) atoms. The van der Waals surface area contributed by atoms with Crippen LogP contribution in [0.15, 0.2) is 42.5 Å². The summed E-state index contributed by atoms with van der Waals surface area (Å²) in [6.45, 7) is 1.87. The van der Waals surface area contributed by atoms with Crippen LogP contribution in [-0.4, -0.2) is 29.8 Å². The van der Waals surface area contributed by atoms with Gasteiger partial charge in [-0.25, -0.2) is 4.39 Å². The molecule has 1 heterocycles. The quantitative estimate of drug-likeness (QED) is 0.904. The summed E-state index contributed by atoms with van der Waals surface area (Å²) in [6.07, 6.45) is 2.11. The van der Waals surface area contributed by atoms with Crippen molar-refractivity contribution in [3.8, 4) is 0 Å². The highest BCUT2D eigenvalue weighted by atomic mass is 35.5. The number of carbonyl (C=O) groups is 2. The third-order valence-electron chi connectivity index (χ3n) is 4.22. The Morgan fingerprint density at radius 2 is 1.76 bits per heavy atom. The van der Waals surface area contributed by atoms with E-state index >= 15 is 0 Å². The lowest BCUT2D eigenvalue weighted by Gasteiger charge is -2.15. The zero-order chi connectivity index (χ0) is 17.8. The van der Waals surface area contributed by atoms with E-state index in [1.807, 2.05) is 4.90 Å². The van der Waals surface area contributed by atoms with Crippen molar-refractivity contribution < 1.29 is 14.0 Å². The standard InChI is InChI=1S/C19H18ClFN2O2/c20-15-7-8-16(17(21)11-15)18(24)22-12-13-3-5-14(6-4-13)19(25)23-9-1-2-10-23/h3-8,11H,1-2,9-10,12H2,(H,22,24). The molecule has 6 heteroatoms. The number of rotatable bonds is 4. The van der Waals surface area contributed by atoms with Crippen molar-refractivity contribution in [3.05, 3.63) is 70.0 Å². The van der Waals surface area contributed by atoms with Gasteiger partial charge in [-0.15, -0.1) is 0 Å². The molecule has 2 aromatic carbocycles. The maximum Gasteiger partial charge on any atom is 0.254 e. The molecule has 4 nitrogen and oxygen atoms in total. The Balaban J connectivity index is 1.59. The average Bonchev–Trinajstić information content (AvgIpc) is 3.14. The summed E-state index contributed by atoms with van der Waals surface area (Å²) in [7, 11) is 0. The van der Waals surface area contributed by atoms with Gasteiger partial charge in [-0.1, -0.05) is 23.7 Å². The van der Waals surface area contributed by atoms with E-state index in [1.165, 1.54) is 12.1 Å². The molecule has 0 aromatic heterocycles. The van der Waals surface area contributed by atoms with E-state index in [-0.39, 0.29) is 23.0 Å². The monoisotopic (exact) mass is 360 g/mol. The molecule has 3 rings (SSSR count). The molecular formula is C19H18ClFN2O2. The Morgan fingerprint density at radius 1 is 1.08 bits per heavy atom. The van der Waals surface area contributed by atoms with Gasteiger partial charge in [-0.3, -0.25) is 9.59 Å². The van der Waals surface area contributed by atoms with Crippen LogP contribution < -0.4 is 5.32 Å². The minimum atomic E-state index is -0.656. The molecule has 130 valence electrons. The number of hydrogen-bond donors (Lipinski definition) is 1. The maximum absolute atomic E-state index is 13.7. The number of likely N-dealkylation sites (tertiary alicyclic amines) is 1. The van der Waals surface area contributed by atoms with E-state index in [2.05, 4.69) is 5.32 Å². The second-order valence-electron chi connectivity index (χ2n) is 6.00. The van der Waals surface area contributed by atoms with Gasteiger partial charge < -0.3 is 10.2 Å². The fraction of sp³-hybridized carbons (Fsp3) is 0.263. The first-order valence-corrected chi connectivity index (χ1v) is 8.54. The predicted octanol–water partition coefficient (Wildman–Crippen LogP) is 3.65. The third kappa shape index (κ3) is 4.17. The largest absolute Gasteiger partial charge is 0.348 e. The van der Waals surface area contributed by atoms with Crippen LogP contribution in [0.5, 0.6) is 0 Å². The number of halogens is 2. The molecule has 1 aliphatic heterocycles. The minimum absolute atomic E-state index is 0.0383. The van der Waals surface area contributed by atoms with Crippen molar-refractivity contribution >= 4 is 23.4 Å². The Morgan fingerprint density at radius 3 is 2.40 bits per heavy atom. The predicted molar refractivity (Wildman–Crippen MR) is 94.2 cm³/mol. The Hall–Kier alpha value is -2.40. The number of hydrogen-bond acceptors (Lipinski definition) is 2. The SMILES string of the molecule is O=C(NCc1ccc(C(=O)N2CCCC2)cc1)c1ccc(Cl)cc1F. The van der Waals surface area contributed by atoms with Crippen molar-refractivity contribution in [1.82, 2.24) is 10.2 Å². The van der Waals surface area contributed by atoms with Crippen LogP contribution in [0, 0.1) is 5.82 Å². The molecule has 2 amide bonds. The fourth-order valence-corrected chi connectivity index (χ4v) is 2.98. The second-order valence-corrected chi connectivity index (χ2v) is 6.44. The van der Waals surface area contributed by atoms with Gasteiger partial charge in [0.1, 0.15) is 5.82 Å². The maximum atomic E-state index is 13.7. The number of benzene rings is 2. The summed E-state index contributed by atoms with van der Waals surface area (Å²) in [6, 6.07) is 11.0. The zero-order valence-corrected chi connectivity index (χ0v) is 14.4. The Bertz CT molecular complexity index is 787. The smallest absolute Gasteiger partial charge is 0.254 e. The summed E-state index contributed by atoms with van der Waals surface area (Å²) in [5.41, 5.74) is 1.42. The molecule has 0 bridgehead atoms. The summed E-state index contributed by atoms with van der Waals surface area (Å²) < 4.78 is 13.7. The van der Waals surface area contributed by atoms with E-state index in [0.29, 0.717) is 5.56 Å². The van der Waals surface area contributed by atoms with E-state index in [4.69, 9.17) is 11.6 Å². The molecule has 0 atom stereocenters. The Kier molecular flexibility index (Phi) is 5.34. The van der Waals surface area contributed by atoms with Crippen LogP contribution in [-0.2, 0) is 6.54 Å². The normalized spacial score (nSPS) is 13.8. The lowest BCUT2D eigenvalue weighted by Crippen LogP contribution is -2.27. The topological polar surface area (TPSA) is 49.4 Å². The minimum Gasteiger partial charge on any atom is -0.348 e. The van der Waals surface area contributed by atoms with Crippen molar-refractivity contribution in [3.63, 3.8) is 0 Å². The van der Waals surface area contributed by atoms with Crippen molar-refractivity contribution in [2.45, 2.75) is 19.4 Å². The van der Waals surface area contributed by atoms with Gasteiger partial charge >= 0.3 is 0 Å². The first-order chi connectivity index (χ1) is 12.0. The van der Waals surface area contributed by atoms with Gasteiger partial charge in [-0.2, -0.15) is 0 Å². The highest BCUT2D eigenvalue weighted by Crippen LogP contribution is 2.16. The fourth-order valence-electron chi connectivity index (χ4n) is 2.82. The van der Waals surface area contributed by atoms with Crippen molar-refractivity contribution in [2.24, 2.45) is 0 Å². The van der Waals surface area contributed by atoms with Crippen LogP contribution in [0.2, 0.25) is 5.02 Å². The Labute approximate surface area is 150 Å². The van der Waals surface area contributed by atoms with Crippen LogP contribution in [0.1, 0.15) is 39.1 Å². The van der Waals surface area contributed by atoms with E-state index < -0.39 is 11.7 Å². The van der Waals surface area contributed by atoms with Crippen LogP contribution in [0.25, 0.3) is 0 Å². The molecule has 0 radical (unpaired) electrons. The zero-order valence-electron chi connectivity index (χ0n) is 13.6. The van der Waals surface area contributed by atoms with Gasteiger partial charge in [0.15, 0.2) is 0 Å². The lowest BCUT2D eigenvalue weighted by atomic mass is 10.1. The first kappa shape index (κ1) is 17.4. The van der Waals surface area contributed by atoms with Gasteiger partial charge in [0.05, 0.1) is 5.56 Å². The summed E-state index contributed by atoms with van der Waals surface area (Å²) in [4.78, 5) is 26.2. The molecule has 0 spiro atoms. The van der Waals surface area contributed by atoms with E-state index in [0.717, 1.165) is 37.6 Å². The molecule has 2 aromatic rings. The summed E-state index contributed by atoms with van der Waals surface area (Å²) in [5.74, 6) is -1.13. The number of nitrogens with one attached hydrogen (secondary N) is 1. The summed E-state index contributed by atoms with van der Waals surface area (Å²) in [5, 5.41) is 2.90. The van der Waals surface area contributed by atoms with E-state index in [1.54, 1.807) is 24.3 Å². The molecule has 0 unspecified atom stereocenters. The van der Waals surface area contributed by atoms with E-state index in [9.17, 15) is 14.0 Å². The highest BCUT2D eigenvalue weighted by molar-refractivity contribution is 6.30. The van der Waals surface area contributed by atoms with Gasteiger partial charge in [0.25, 0.3) is 11.8 Å². The van der Waals surface area contributed by atoms with Gasteiger partial charge in [-0.05, 0) is 48.7 Å². The second kappa shape index (κ2) is 7.66. The van der Waals surface area contributed by atoms with Gasteiger partial charge in [0, 0.05) is 30.2 Å². The highest BCUT2D eigenvalue weighted by Gasteiger charge is 2.19. The van der Waals surface area contributed by atoms with Crippen molar-refractivity contribution in [1.29, 1.82) is 0 Å². The van der Waals surface area contributed by atoms with Gasteiger partial charge in [0.2, 0.25) is 0 Å². The lowest BCUT2D eigenvalue weighted by molar-refractivity contribution is 0.0792. The molecule has 0 saturated carbocycles. The van der Waals surface area contributed by atoms with Crippen LogP contribution >= 0.6 is 11.6 Å². The molecule has 1 N–H and O–H groups in total. The summed E-state index contributed by atoms with van der Waals surface area (Å²) >= 11 is 5.68. The average molecular weight is 361 g/mol. The molecule has 1 aliphatic rings. The third-order valence-corrected chi connectivity index (χ3v) is 4.46. The number of amides is 2. The number of nitrogens with zero attached hydrogens (tertiary/aromatic N) is 1.